The summed E-state index contributed by atoms with van der Waals surface area (Å²) in [6, 6.07) is 6.70. The molecule has 5 nitrogen and oxygen atoms in total. The summed E-state index contributed by atoms with van der Waals surface area (Å²) in [6.07, 6.45) is 1.65. The molecule has 17 heavy (non-hydrogen) atoms. The summed E-state index contributed by atoms with van der Waals surface area (Å²) in [5, 5.41) is 9.17. The first-order valence-electron chi connectivity index (χ1n) is 5.19. The Bertz CT molecular complexity index is 438. The molecular formula is C12H13NO4. The van der Waals surface area contributed by atoms with Gasteiger partial charge in [-0.2, -0.15) is 0 Å². The van der Waals surface area contributed by atoms with Gasteiger partial charge in [-0.15, -0.1) is 0 Å². The molecule has 0 aliphatic carbocycles. The normalized spacial score (nSPS) is 18.4. The SMILES string of the molecule is COC(=O)C[C@@H]1C=C(c2ccc(O)cc2)NO1. The van der Waals surface area contributed by atoms with Crippen LogP contribution >= 0.6 is 0 Å². The second-order valence-electron chi connectivity index (χ2n) is 3.67. The van der Waals surface area contributed by atoms with Gasteiger partial charge in [0, 0.05) is 0 Å². The number of rotatable bonds is 3. The fourth-order valence-electron chi connectivity index (χ4n) is 1.54. The van der Waals surface area contributed by atoms with Gasteiger partial charge >= 0.3 is 5.97 Å². The predicted molar refractivity (Wildman–Crippen MR) is 60.7 cm³/mol. The van der Waals surface area contributed by atoms with Gasteiger partial charge in [0.15, 0.2) is 0 Å². The maximum atomic E-state index is 11.1. The number of ether oxygens (including phenoxy) is 1. The number of benzene rings is 1. The molecule has 0 spiro atoms. The largest absolute Gasteiger partial charge is 0.508 e. The van der Waals surface area contributed by atoms with Gasteiger partial charge in [-0.1, -0.05) is 0 Å². The zero-order chi connectivity index (χ0) is 12.3. The monoisotopic (exact) mass is 235 g/mol. The van der Waals surface area contributed by atoms with Crippen LogP contribution in [0, 0.1) is 0 Å². The molecule has 0 radical (unpaired) electrons. The smallest absolute Gasteiger partial charge is 0.308 e. The van der Waals surface area contributed by atoms with Gasteiger partial charge in [-0.25, -0.2) is 0 Å². The van der Waals surface area contributed by atoms with Gasteiger partial charge in [0.2, 0.25) is 0 Å². The summed E-state index contributed by atoms with van der Waals surface area (Å²) in [7, 11) is 1.34. The van der Waals surface area contributed by atoms with Crippen LogP contribution in [-0.2, 0) is 14.4 Å². The Balaban J connectivity index is 2.06. The Kier molecular flexibility index (Phi) is 3.30. The molecule has 0 fully saturated rings. The summed E-state index contributed by atoms with van der Waals surface area (Å²) < 4.78 is 4.56. The molecule has 0 unspecified atom stereocenters. The van der Waals surface area contributed by atoms with Crippen LogP contribution in [0.25, 0.3) is 5.70 Å². The van der Waals surface area contributed by atoms with E-state index in [-0.39, 0.29) is 24.2 Å². The summed E-state index contributed by atoms with van der Waals surface area (Å²) in [5.41, 5.74) is 4.40. The van der Waals surface area contributed by atoms with Crippen molar-refractivity contribution in [3.8, 4) is 5.75 Å². The molecule has 0 bridgehead atoms. The topological polar surface area (TPSA) is 67.8 Å². The molecule has 0 saturated heterocycles. The number of carbonyl (C=O) groups excluding carboxylic acids is 1. The first kappa shape index (κ1) is 11.5. The van der Waals surface area contributed by atoms with E-state index < -0.39 is 0 Å². The van der Waals surface area contributed by atoms with E-state index in [0.717, 1.165) is 11.3 Å². The standard InChI is InChI=1S/C12H13NO4/c1-16-12(15)7-10-6-11(13-17-10)8-2-4-9(14)5-3-8/h2-6,10,13-14H,7H2,1H3/t10-/m0/s1. The average Bonchev–Trinajstić information content (AvgIpc) is 2.78. The number of hydrogen-bond acceptors (Lipinski definition) is 5. The van der Waals surface area contributed by atoms with Crippen molar-refractivity contribution in [2.45, 2.75) is 12.5 Å². The summed E-state index contributed by atoms with van der Waals surface area (Å²) >= 11 is 0. The van der Waals surface area contributed by atoms with Crippen molar-refractivity contribution in [2.24, 2.45) is 0 Å². The molecule has 1 aliphatic heterocycles. The first-order chi connectivity index (χ1) is 8.19. The highest BCUT2D eigenvalue weighted by molar-refractivity contribution is 5.72. The van der Waals surface area contributed by atoms with Crippen LogP contribution in [-0.4, -0.2) is 24.3 Å². The molecule has 90 valence electrons. The Labute approximate surface area is 98.6 Å². The van der Waals surface area contributed by atoms with Crippen molar-refractivity contribution < 1.29 is 19.5 Å². The minimum absolute atomic E-state index is 0.172. The Hall–Kier alpha value is -2.01. The molecule has 0 aromatic heterocycles. The number of hydrogen-bond donors (Lipinski definition) is 2. The van der Waals surface area contributed by atoms with Crippen molar-refractivity contribution in [1.82, 2.24) is 5.48 Å². The van der Waals surface area contributed by atoms with Crippen LogP contribution in [0.1, 0.15) is 12.0 Å². The molecule has 0 amide bonds. The zero-order valence-electron chi connectivity index (χ0n) is 9.34. The lowest BCUT2D eigenvalue weighted by Gasteiger charge is -2.05. The minimum atomic E-state index is -0.328. The molecule has 1 aromatic carbocycles. The maximum absolute atomic E-state index is 11.1. The van der Waals surface area contributed by atoms with Gasteiger partial charge in [-0.3, -0.25) is 15.1 Å². The van der Waals surface area contributed by atoms with Crippen LogP contribution in [0.4, 0.5) is 0 Å². The summed E-state index contributed by atoms with van der Waals surface area (Å²) in [4.78, 5) is 16.3. The fraction of sp³-hybridized carbons (Fsp3) is 0.250. The highest BCUT2D eigenvalue weighted by Crippen LogP contribution is 2.21. The van der Waals surface area contributed by atoms with Gasteiger partial charge in [-0.05, 0) is 35.9 Å². The molecule has 1 heterocycles. The van der Waals surface area contributed by atoms with E-state index >= 15 is 0 Å². The number of nitrogens with one attached hydrogen (secondary N) is 1. The summed E-state index contributed by atoms with van der Waals surface area (Å²) in [5.74, 6) is -0.112. The number of hydroxylamine groups is 1. The zero-order valence-corrected chi connectivity index (χ0v) is 9.34. The number of phenolic OH excluding ortho intramolecular Hbond substituents is 1. The fourth-order valence-corrected chi connectivity index (χ4v) is 1.54. The molecular weight excluding hydrogens is 222 g/mol. The van der Waals surface area contributed by atoms with Crippen LogP contribution in [0.3, 0.4) is 0 Å². The Morgan fingerprint density at radius 3 is 2.82 bits per heavy atom. The molecule has 2 rings (SSSR count). The highest BCUT2D eigenvalue weighted by Gasteiger charge is 2.20. The lowest BCUT2D eigenvalue weighted by Crippen LogP contribution is -2.16. The number of phenols is 1. The lowest BCUT2D eigenvalue weighted by atomic mass is 10.1. The first-order valence-corrected chi connectivity index (χ1v) is 5.19. The van der Waals surface area contributed by atoms with E-state index in [0.29, 0.717) is 0 Å². The quantitative estimate of drug-likeness (QED) is 0.770. The minimum Gasteiger partial charge on any atom is -0.508 e. The average molecular weight is 235 g/mol. The van der Waals surface area contributed by atoms with E-state index in [9.17, 15) is 9.90 Å². The number of carbonyl (C=O) groups is 1. The van der Waals surface area contributed by atoms with Gasteiger partial charge in [0.05, 0.1) is 19.2 Å². The molecule has 1 atom stereocenters. The third-order valence-electron chi connectivity index (χ3n) is 2.45. The van der Waals surface area contributed by atoms with Crippen LogP contribution in [0.15, 0.2) is 30.3 Å². The molecule has 5 heteroatoms. The van der Waals surface area contributed by atoms with E-state index in [2.05, 4.69) is 10.2 Å². The second kappa shape index (κ2) is 4.88. The van der Waals surface area contributed by atoms with E-state index in [1.807, 2.05) is 6.08 Å². The molecule has 2 N–H and O–H groups in total. The Morgan fingerprint density at radius 2 is 2.18 bits per heavy atom. The molecule has 0 saturated carbocycles. The number of esters is 1. The van der Waals surface area contributed by atoms with Crippen LogP contribution in [0.2, 0.25) is 0 Å². The van der Waals surface area contributed by atoms with Crippen LogP contribution in [0.5, 0.6) is 5.75 Å². The van der Waals surface area contributed by atoms with Gasteiger partial charge < -0.3 is 9.84 Å². The third-order valence-corrected chi connectivity index (χ3v) is 2.45. The maximum Gasteiger partial charge on any atom is 0.308 e. The predicted octanol–water partition coefficient (Wildman–Crippen LogP) is 1.20. The van der Waals surface area contributed by atoms with Crippen molar-refractivity contribution >= 4 is 11.7 Å². The lowest BCUT2D eigenvalue weighted by molar-refractivity contribution is -0.143. The number of aromatic hydroxyl groups is 1. The second-order valence-corrected chi connectivity index (χ2v) is 3.67. The highest BCUT2D eigenvalue weighted by atomic mass is 16.7. The third kappa shape index (κ3) is 2.76. The van der Waals surface area contributed by atoms with Gasteiger partial charge in [0.25, 0.3) is 0 Å². The molecule has 1 aliphatic rings. The molecule has 1 aromatic rings. The summed E-state index contributed by atoms with van der Waals surface area (Å²) in [6.45, 7) is 0. The van der Waals surface area contributed by atoms with Crippen molar-refractivity contribution in [1.29, 1.82) is 0 Å². The van der Waals surface area contributed by atoms with E-state index in [4.69, 9.17) is 4.84 Å². The van der Waals surface area contributed by atoms with E-state index in [1.54, 1.807) is 24.3 Å². The van der Waals surface area contributed by atoms with Crippen molar-refractivity contribution in [3.05, 3.63) is 35.9 Å². The van der Waals surface area contributed by atoms with Crippen LogP contribution < -0.4 is 5.48 Å². The number of methoxy groups -OCH3 is 1. The Morgan fingerprint density at radius 1 is 1.47 bits per heavy atom. The van der Waals surface area contributed by atoms with Crippen molar-refractivity contribution in [2.75, 3.05) is 7.11 Å². The van der Waals surface area contributed by atoms with E-state index in [1.165, 1.54) is 7.11 Å². The van der Waals surface area contributed by atoms with Gasteiger partial charge in [0.1, 0.15) is 11.9 Å². The van der Waals surface area contributed by atoms with Crippen molar-refractivity contribution in [3.63, 3.8) is 0 Å².